The molecule has 0 atom stereocenters. The summed E-state index contributed by atoms with van der Waals surface area (Å²) in [6.45, 7) is 0. The zero-order valence-electron chi connectivity index (χ0n) is 3.31. The van der Waals surface area contributed by atoms with Crippen LogP contribution in [0.4, 0.5) is 22.7 Å². The van der Waals surface area contributed by atoms with E-state index in [1.807, 2.05) is 0 Å². The van der Waals surface area contributed by atoms with Gasteiger partial charge < -0.3 is 0 Å². The van der Waals surface area contributed by atoms with Crippen LogP contribution < -0.4 is 0 Å². The molecule has 0 aliphatic carbocycles. The first-order valence-electron chi connectivity index (χ1n) is 1.33. The van der Waals surface area contributed by atoms with Gasteiger partial charge in [0.1, 0.15) is 0 Å². The zero-order valence-corrected chi connectivity index (χ0v) is 3.31. The van der Waals surface area contributed by atoms with Crippen molar-refractivity contribution in [2.24, 2.45) is 0 Å². The Morgan fingerprint density at radius 1 is 1.00 bits per heavy atom. The average molecular weight is 132 g/mol. The predicted octanol–water partition coefficient (Wildman–Crippen LogP) is 1.25. The van der Waals surface area contributed by atoms with Gasteiger partial charge in [-0.25, -0.2) is 4.79 Å². The van der Waals surface area contributed by atoms with Gasteiger partial charge in [0.05, 0.1) is 0 Å². The number of nitrogens with zero attached hydrogens (tertiary/aromatic N) is 2. The van der Waals surface area contributed by atoms with Crippen molar-refractivity contribution < 1.29 is 22.7 Å². The van der Waals surface area contributed by atoms with Crippen LogP contribution in [-0.2, 0) is 0 Å². The number of urea groups is 1. The fourth-order valence-electron chi connectivity index (χ4n) is 0.0571. The molecule has 0 heterocycles. The second kappa shape index (κ2) is 2.34. The van der Waals surface area contributed by atoms with Crippen molar-refractivity contribution >= 4 is 6.03 Å². The van der Waals surface area contributed by atoms with E-state index in [4.69, 9.17) is 0 Å². The van der Waals surface area contributed by atoms with E-state index in [9.17, 15) is 22.7 Å². The summed E-state index contributed by atoms with van der Waals surface area (Å²) in [7, 11) is 0. The molecule has 0 N–H and O–H groups in total. The Morgan fingerprint density at radius 3 is 1.25 bits per heavy atom. The molecule has 7 heteroatoms. The molecule has 0 aromatic heterocycles. The SMILES string of the molecule is O=C(N(F)F)N(F)F. The molecule has 0 aliphatic rings. The molecule has 3 nitrogen and oxygen atoms in total. The summed E-state index contributed by atoms with van der Waals surface area (Å²) in [6.07, 6.45) is 0. The van der Waals surface area contributed by atoms with Crippen LogP contribution in [0, 0.1) is 0 Å². The van der Waals surface area contributed by atoms with E-state index in [0.29, 0.717) is 0 Å². The molecule has 0 radical (unpaired) electrons. The zero-order chi connectivity index (χ0) is 6.73. The van der Waals surface area contributed by atoms with Gasteiger partial charge in [-0.05, 0) is 0 Å². The highest BCUT2D eigenvalue weighted by Crippen LogP contribution is 1.99. The van der Waals surface area contributed by atoms with E-state index < -0.39 is 16.7 Å². The molecule has 48 valence electrons. The lowest BCUT2D eigenvalue weighted by Gasteiger charge is -1.97. The van der Waals surface area contributed by atoms with Gasteiger partial charge in [0.15, 0.2) is 0 Å². The molecule has 0 saturated heterocycles. The number of rotatable bonds is 0. The van der Waals surface area contributed by atoms with E-state index in [0.717, 1.165) is 0 Å². The largest absolute Gasteiger partial charge is 0.435 e. The minimum Gasteiger partial charge on any atom is -0.237 e. The van der Waals surface area contributed by atoms with Crippen LogP contribution in [0.15, 0.2) is 0 Å². The topological polar surface area (TPSA) is 23.6 Å². The van der Waals surface area contributed by atoms with Crippen molar-refractivity contribution in [3.63, 3.8) is 0 Å². The van der Waals surface area contributed by atoms with Gasteiger partial charge >= 0.3 is 6.03 Å². The molecular weight excluding hydrogens is 132 g/mol. The number of hydrogen-bond acceptors (Lipinski definition) is 1. The Bertz CT molecular complexity index is 82.0. The standard InChI is InChI=1S/CF4N2O/c2-6(3)1(8)7(4)5. The van der Waals surface area contributed by atoms with Crippen molar-refractivity contribution in [1.29, 1.82) is 0 Å². The van der Waals surface area contributed by atoms with Gasteiger partial charge in [-0.15, -0.1) is 0 Å². The minimum absolute atomic E-state index is 2.22. The first kappa shape index (κ1) is 6.99. The van der Waals surface area contributed by atoms with Gasteiger partial charge in [0, 0.05) is 10.7 Å². The maximum Gasteiger partial charge on any atom is 0.435 e. The van der Waals surface area contributed by atoms with Crippen LogP contribution in [0.2, 0.25) is 0 Å². The van der Waals surface area contributed by atoms with Crippen molar-refractivity contribution in [1.82, 2.24) is 10.7 Å². The molecule has 0 aromatic carbocycles. The number of carbonyl (C=O) groups excluding carboxylic acids is 1. The molecule has 2 amide bonds. The highest BCUT2D eigenvalue weighted by Gasteiger charge is 2.20. The Kier molecular flexibility index (Phi) is 2.04. The summed E-state index contributed by atoms with van der Waals surface area (Å²) in [5.74, 6) is 0. The second-order valence-corrected chi connectivity index (χ2v) is 0.748. The highest BCUT2D eigenvalue weighted by molar-refractivity contribution is 5.69. The maximum atomic E-state index is 10.6. The highest BCUT2D eigenvalue weighted by atomic mass is 19.4. The first-order valence-corrected chi connectivity index (χ1v) is 1.33. The summed E-state index contributed by atoms with van der Waals surface area (Å²) < 4.78 is 42.6. The quantitative estimate of drug-likeness (QED) is 0.359. The first-order chi connectivity index (χ1) is 3.55. The van der Waals surface area contributed by atoms with Crippen LogP contribution in [0.3, 0.4) is 0 Å². The summed E-state index contributed by atoms with van der Waals surface area (Å²) >= 11 is 0. The molecule has 8 heavy (non-hydrogen) atoms. The Morgan fingerprint density at radius 2 is 1.25 bits per heavy atom. The molecule has 0 saturated carbocycles. The molecule has 0 bridgehead atoms. The molecule has 0 aromatic rings. The van der Waals surface area contributed by atoms with Crippen molar-refractivity contribution in [2.45, 2.75) is 0 Å². The number of hydrogen-bond donors (Lipinski definition) is 0. The monoisotopic (exact) mass is 132 g/mol. The van der Waals surface area contributed by atoms with Crippen molar-refractivity contribution in [2.75, 3.05) is 0 Å². The normalized spacial score (nSPS) is 8.50. The smallest absolute Gasteiger partial charge is 0.237 e. The lowest BCUT2D eigenvalue weighted by molar-refractivity contribution is -0.178. The Balaban J connectivity index is 3.65. The number of carbonyl (C=O) groups is 1. The molecule has 0 aliphatic heterocycles. The molecule has 0 unspecified atom stereocenters. The molecule has 0 spiro atoms. The number of amides is 2. The van der Waals surface area contributed by atoms with Gasteiger partial charge in [-0.1, -0.05) is 17.9 Å². The van der Waals surface area contributed by atoms with Gasteiger partial charge in [-0.2, -0.15) is 0 Å². The summed E-state index contributed by atoms with van der Waals surface area (Å²) in [6, 6.07) is -2.65. The van der Waals surface area contributed by atoms with Crippen LogP contribution in [-0.4, -0.2) is 16.7 Å². The van der Waals surface area contributed by atoms with E-state index in [-0.39, 0.29) is 0 Å². The Labute approximate surface area is 40.8 Å². The van der Waals surface area contributed by atoms with E-state index in [1.54, 1.807) is 0 Å². The summed E-state index contributed by atoms with van der Waals surface area (Å²) in [5.41, 5.74) is 0. The lowest BCUT2D eigenvalue weighted by Crippen LogP contribution is -2.22. The van der Waals surface area contributed by atoms with Crippen LogP contribution in [0.25, 0.3) is 0 Å². The predicted molar refractivity (Wildman–Crippen MR) is 13.5 cm³/mol. The third kappa shape index (κ3) is 1.63. The fraction of sp³-hybridized carbons (Fsp3) is 0. The minimum atomic E-state index is -2.65. The molecule has 0 fully saturated rings. The third-order valence-electron chi connectivity index (χ3n) is 0.289. The van der Waals surface area contributed by atoms with Crippen molar-refractivity contribution in [3.8, 4) is 0 Å². The van der Waals surface area contributed by atoms with E-state index >= 15 is 0 Å². The molecule has 0 rings (SSSR count). The summed E-state index contributed by atoms with van der Waals surface area (Å²) in [5, 5.41) is -4.44. The second-order valence-electron chi connectivity index (χ2n) is 0.748. The van der Waals surface area contributed by atoms with E-state index in [2.05, 4.69) is 0 Å². The molecular formula is CF4N2O. The van der Waals surface area contributed by atoms with E-state index in [1.165, 1.54) is 0 Å². The fourth-order valence-corrected chi connectivity index (χ4v) is 0.0571. The van der Waals surface area contributed by atoms with Gasteiger partial charge in [0.2, 0.25) is 0 Å². The van der Waals surface area contributed by atoms with Crippen LogP contribution in [0.5, 0.6) is 0 Å². The summed E-state index contributed by atoms with van der Waals surface area (Å²) in [4.78, 5) is 9.19. The van der Waals surface area contributed by atoms with Crippen molar-refractivity contribution in [3.05, 3.63) is 0 Å². The van der Waals surface area contributed by atoms with Gasteiger partial charge in [-0.3, -0.25) is 0 Å². The van der Waals surface area contributed by atoms with Gasteiger partial charge in [0.25, 0.3) is 0 Å². The maximum absolute atomic E-state index is 10.6. The third-order valence-corrected chi connectivity index (χ3v) is 0.289. The van der Waals surface area contributed by atoms with Crippen LogP contribution >= 0.6 is 0 Å². The van der Waals surface area contributed by atoms with Crippen LogP contribution in [0.1, 0.15) is 0 Å². The average Bonchev–Trinajstić information content (AvgIpc) is 1.64. The Hall–Kier alpha value is -1.01. The lowest BCUT2D eigenvalue weighted by atomic mass is 11.1. The number of halogens is 4.